The minimum absolute atomic E-state index is 0.0948. The summed E-state index contributed by atoms with van der Waals surface area (Å²) in [6, 6.07) is 10.5. The summed E-state index contributed by atoms with van der Waals surface area (Å²) in [5, 5.41) is 3.26. The van der Waals surface area contributed by atoms with Gasteiger partial charge in [-0.3, -0.25) is 9.69 Å². The summed E-state index contributed by atoms with van der Waals surface area (Å²) in [6.07, 6.45) is 5.00. The topological polar surface area (TPSA) is 41.6 Å². The Morgan fingerprint density at radius 1 is 1.39 bits per heavy atom. The Bertz CT molecular complexity index is 513. The van der Waals surface area contributed by atoms with E-state index in [1.54, 1.807) is 0 Å². The SMILES string of the molecule is CC1(NC(=O)CC[C@H]2CCCO2)CCN(Cc2ccccc2)C1. The van der Waals surface area contributed by atoms with Gasteiger partial charge in [-0.2, -0.15) is 0 Å². The molecule has 126 valence electrons. The molecule has 2 aliphatic rings. The second-order valence-corrected chi connectivity index (χ2v) is 7.23. The molecule has 2 atom stereocenters. The van der Waals surface area contributed by atoms with Crippen molar-refractivity contribution in [3.8, 4) is 0 Å². The van der Waals surface area contributed by atoms with Crippen molar-refractivity contribution in [3.63, 3.8) is 0 Å². The van der Waals surface area contributed by atoms with Crippen LogP contribution in [0, 0.1) is 0 Å². The molecule has 0 saturated carbocycles. The summed E-state index contributed by atoms with van der Waals surface area (Å²) >= 11 is 0. The van der Waals surface area contributed by atoms with Crippen LogP contribution in [0.1, 0.15) is 44.6 Å². The molecule has 2 aliphatic heterocycles. The lowest BCUT2D eigenvalue weighted by molar-refractivity contribution is -0.123. The fraction of sp³-hybridized carbons (Fsp3) is 0.632. The van der Waals surface area contributed by atoms with E-state index in [1.807, 2.05) is 6.07 Å². The smallest absolute Gasteiger partial charge is 0.220 e. The number of benzene rings is 1. The first-order valence-corrected chi connectivity index (χ1v) is 8.82. The van der Waals surface area contributed by atoms with Crippen molar-refractivity contribution in [2.45, 2.75) is 57.2 Å². The number of amides is 1. The average molecular weight is 316 g/mol. The first kappa shape index (κ1) is 16.5. The zero-order chi connectivity index (χ0) is 16.1. The highest BCUT2D eigenvalue weighted by atomic mass is 16.5. The molecule has 23 heavy (non-hydrogen) atoms. The summed E-state index contributed by atoms with van der Waals surface area (Å²) in [5.74, 6) is 0.171. The highest BCUT2D eigenvalue weighted by Crippen LogP contribution is 2.23. The Morgan fingerprint density at radius 2 is 2.22 bits per heavy atom. The largest absolute Gasteiger partial charge is 0.378 e. The minimum atomic E-state index is -0.0948. The molecule has 4 heteroatoms. The Balaban J connectivity index is 1.43. The normalized spacial score (nSPS) is 28.1. The van der Waals surface area contributed by atoms with Gasteiger partial charge in [0.05, 0.1) is 11.6 Å². The lowest BCUT2D eigenvalue weighted by Crippen LogP contribution is -2.48. The number of hydrogen-bond donors (Lipinski definition) is 1. The summed E-state index contributed by atoms with van der Waals surface area (Å²) < 4.78 is 5.59. The zero-order valence-corrected chi connectivity index (χ0v) is 14.1. The van der Waals surface area contributed by atoms with E-state index in [-0.39, 0.29) is 11.4 Å². The van der Waals surface area contributed by atoms with E-state index < -0.39 is 0 Å². The highest BCUT2D eigenvalue weighted by Gasteiger charge is 2.34. The van der Waals surface area contributed by atoms with Crippen LogP contribution in [0.2, 0.25) is 0 Å². The van der Waals surface area contributed by atoms with Crippen molar-refractivity contribution in [2.75, 3.05) is 19.7 Å². The molecule has 0 aliphatic carbocycles. The molecule has 1 aromatic carbocycles. The fourth-order valence-electron chi connectivity index (χ4n) is 3.70. The lowest BCUT2D eigenvalue weighted by atomic mass is 10.0. The maximum atomic E-state index is 12.2. The van der Waals surface area contributed by atoms with Crippen LogP contribution in [-0.2, 0) is 16.1 Å². The minimum Gasteiger partial charge on any atom is -0.378 e. The van der Waals surface area contributed by atoms with Gasteiger partial charge >= 0.3 is 0 Å². The van der Waals surface area contributed by atoms with Gasteiger partial charge in [0.1, 0.15) is 0 Å². The third kappa shape index (κ3) is 4.79. The molecule has 4 nitrogen and oxygen atoms in total. The molecule has 0 aromatic heterocycles. The molecule has 1 amide bonds. The molecular formula is C19H28N2O2. The van der Waals surface area contributed by atoms with Crippen LogP contribution in [-0.4, -0.2) is 42.1 Å². The number of rotatable bonds is 6. The second kappa shape index (κ2) is 7.45. The van der Waals surface area contributed by atoms with Crippen LogP contribution < -0.4 is 5.32 Å². The van der Waals surface area contributed by atoms with Crippen LogP contribution in [0.25, 0.3) is 0 Å². The van der Waals surface area contributed by atoms with Crippen molar-refractivity contribution in [1.29, 1.82) is 0 Å². The van der Waals surface area contributed by atoms with Crippen molar-refractivity contribution in [1.82, 2.24) is 10.2 Å². The van der Waals surface area contributed by atoms with E-state index in [9.17, 15) is 4.79 Å². The first-order valence-electron chi connectivity index (χ1n) is 8.82. The molecule has 2 saturated heterocycles. The van der Waals surface area contributed by atoms with E-state index in [4.69, 9.17) is 4.74 Å². The quantitative estimate of drug-likeness (QED) is 0.877. The predicted molar refractivity (Wildman–Crippen MR) is 91.1 cm³/mol. The number of likely N-dealkylation sites (tertiary alicyclic amines) is 1. The van der Waals surface area contributed by atoms with Gasteiger partial charge in [-0.05, 0) is 38.2 Å². The Morgan fingerprint density at radius 3 is 2.96 bits per heavy atom. The number of nitrogens with zero attached hydrogens (tertiary/aromatic N) is 1. The zero-order valence-electron chi connectivity index (χ0n) is 14.1. The Hall–Kier alpha value is -1.39. The van der Waals surface area contributed by atoms with Crippen molar-refractivity contribution < 1.29 is 9.53 Å². The summed E-state index contributed by atoms with van der Waals surface area (Å²) in [5.41, 5.74) is 1.24. The van der Waals surface area contributed by atoms with Gasteiger partial charge < -0.3 is 10.1 Å². The maximum Gasteiger partial charge on any atom is 0.220 e. The van der Waals surface area contributed by atoms with Gasteiger partial charge in [0, 0.05) is 32.7 Å². The van der Waals surface area contributed by atoms with E-state index in [0.29, 0.717) is 12.5 Å². The summed E-state index contributed by atoms with van der Waals surface area (Å²) in [7, 11) is 0. The van der Waals surface area contributed by atoms with Crippen molar-refractivity contribution in [2.24, 2.45) is 0 Å². The highest BCUT2D eigenvalue weighted by molar-refractivity contribution is 5.76. The van der Waals surface area contributed by atoms with Gasteiger partial charge in [0.2, 0.25) is 5.91 Å². The molecule has 0 radical (unpaired) electrons. The molecule has 3 rings (SSSR count). The van der Waals surface area contributed by atoms with Crippen molar-refractivity contribution in [3.05, 3.63) is 35.9 Å². The summed E-state index contributed by atoms with van der Waals surface area (Å²) in [6.45, 7) is 5.95. The first-order chi connectivity index (χ1) is 11.1. The predicted octanol–water partition coefficient (Wildman–Crippen LogP) is 2.73. The molecular weight excluding hydrogens is 288 g/mol. The summed E-state index contributed by atoms with van der Waals surface area (Å²) in [4.78, 5) is 14.7. The maximum absolute atomic E-state index is 12.2. The number of ether oxygens (including phenoxy) is 1. The van der Waals surface area contributed by atoms with Crippen LogP contribution in [0.15, 0.2) is 30.3 Å². The van der Waals surface area contributed by atoms with Gasteiger partial charge in [-0.25, -0.2) is 0 Å². The van der Waals surface area contributed by atoms with E-state index in [1.165, 1.54) is 5.56 Å². The standard InChI is InChI=1S/C19H28N2O2/c1-19(20-18(22)10-9-17-8-5-13-23-17)11-12-21(15-19)14-16-6-3-2-4-7-16/h2-4,6-7,17H,5,8-15H2,1H3,(H,20,22)/t17-,19?/m1/s1. The van der Waals surface area contributed by atoms with Gasteiger partial charge in [0.25, 0.3) is 0 Å². The fourth-order valence-corrected chi connectivity index (χ4v) is 3.70. The van der Waals surface area contributed by atoms with Crippen LogP contribution >= 0.6 is 0 Å². The molecule has 0 bridgehead atoms. The number of hydrogen-bond acceptors (Lipinski definition) is 3. The van der Waals surface area contributed by atoms with Crippen LogP contribution in [0.5, 0.6) is 0 Å². The molecule has 1 aromatic rings. The average Bonchev–Trinajstić information content (AvgIpc) is 3.16. The van der Waals surface area contributed by atoms with Gasteiger partial charge in [0.15, 0.2) is 0 Å². The number of carbonyl (C=O) groups excluding carboxylic acids is 1. The van der Waals surface area contributed by atoms with E-state index >= 15 is 0 Å². The third-order valence-electron chi connectivity index (χ3n) is 4.96. The molecule has 2 heterocycles. The monoisotopic (exact) mass is 316 g/mol. The lowest BCUT2D eigenvalue weighted by Gasteiger charge is -2.26. The number of carbonyl (C=O) groups is 1. The molecule has 1 unspecified atom stereocenters. The molecule has 1 N–H and O–H groups in total. The Kier molecular flexibility index (Phi) is 5.34. The second-order valence-electron chi connectivity index (χ2n) is 7.23. The Labute approximate surface area is 139 Å². The molecule has 0 spiro atoms. The van der Waals surface area contributed by atoms with Gasteiger partial charge in [-0.1, -0.05) is 30.3 Å². The van der Waals surface area contributed by atoms with Crippen molar-refractivity contribution >= 4 is 5.91 Å². The van der Waals surface area contributed by atoms with E-state index in [0.717, 1.165) is 51.9 Å². The van der Waals surface area contributed by atoms with E-state index in [2.05, 4.69) is 41.4 Å². The van der Waals surface area contributed by atoms with Crippen LogP contribution in [0.4, 0.5) is 0 Å². The number of nitrogens with one attached hydrogen (secondary N) is 1. The third-order valence-corrected chi connectivity index (χ3v) is 4.96. The van der Waals surface area contributed by atoms with Gasteiger partial charge in [-0.15, -0.1) is 0 Å². The molecule has 2 fully saturated rings. The van der Waals surface area contributed by atoms with Crippen LogP contribution in [0.3, 0.4) is 0 Å².